The second-order valence-electron chi connectivity index (χ2n) is 4.55. The molecule has 0 fully saturated rings. The summed E-state index contributed by atoms with van der Waals surface area (Å²) >= 11 is 0. The van der Waals surface area contributed by atoms with Gasteiger partial charge in [0.25, 0.3) is 0 Å². The maximum Gasteiger partial charge on any atom is 0.128 e. The first-order chi connectivity index (χ1) is 8.58. The largest absolute Gasteiger partial charge is 0.352 e. The molecule has 5 nitrogen and oxygen atoms in total. The Bertz CT molecular complexity index is 518. The number of hydrogen-bond acceptors (Lipinski definition) is 4. The van der Waals surface area contributed by atoms with Gasteiger partial charge in [0.1, 0.15) is 11.6 Å². The summed E-state index contributed by atoms with van der Waals surface area (Å²) in [6.45, 7) is 2.69. The number of pyridine rings is 1. The standard InChI is InChI=1S/C13H19N5/c1-10(14)11-4-5-15-12(8-11)18(3)9-13-16-6-7-17(13)2/h4-8,10H,9,14H2,1-3H3. The summed E-state index contributed by atoms with van der Waals surface area (Å²) in [6.07, 6.45) is 5.53. The number of hydrogen-bond donors (Lipinski definition) is 1. The first-order valence-corrected chi connectivity index (χ1v) is 5.97. The van der Waals surface area contributed by atoms with E-state index in [1.54, 1.807) is 12.4 Å². The third-order valence-electron chi connectivity index (χ3n) is 2.99. The van der Waals surface area contributed by atoms with E-state index >= 15 is 0 Å². The van der Waals surface area contributed by atoms with Crippen LogP contribution in [0.15, 0.2) is 30.7 Å². The maximum atomic E-state index is 5.88. The summed E-state index contributed by atoms with van der Waals surface area (Å²) in [7, 11) is 3.99. The molecule has 0 spiro atoms. The van der Waals surface area contributed by atoms with Crippen LogP contribution in [0.3, 0.4) is 0 Å². The van der Waals surface area contributed by atoms with E-state index in [4.69, 9.17) is 5.73 Å². The lowest BCUT2D eigenvalue weighted by Crippen LogP contribution is -2.20. The van der Waals surface area contributed by atoms with Gasteiger partial charge in [-0.2, -0.15) is 0 Å². The molecule has 5 heteroatoms. The van der Waals surface area contributed by atoms with Gasteiger partial charge in [0.15, 0.2) is 0 Å². The summed E-state index contributed by atoms with van der Waals surface area (Å²) in [4.78, 5) is 10.7. The molecule has 2 rings (SSSR count). The summed E-state index contributed by atoms with van der Waals surface area (Å²) in [6, 6.07) is 3.99. The predicted octanol–water partition coefficient (Wildman–Crippen LogP) is 1.47. The Balaban J connectivity index is 2.16. The van der Waals surface area contributed by atoms with Crippen molar-refractivity contribution in [2.75, 3.05) is 11.9 Å². The second-order valence-corrected chi connectivity index (χ2v) is 4.55. The Kier molecular flexibility index (Phi) is 3.62. The minimum atomic E-state index is 0.0216. The topological polar surface area (TPSA) is 60.0 Å². The van der Waals surface area contributed by atoms with Crippen LogP contribution in [-0.2, 0) is 13.6 Å². The van der Waals surface area contributed by atoms with E-state index in [0.717, 1.165) is 23.8 Å². The molecule has 0 aromatic carbocycles. The van der Waals surface area contributed by atoms with Gasteiger partial charge >= 0.3 is 0 Å². The molecule has 0 bridgehead atoms. The minimum absolute atomic E-state index is 0.0216. The fourth-order valence-corrected chi connectivity index (χ4v) is 1.77. The summed E-state index contributed by atoms with van der Waals surface area (Å²) in [5.74, 6) is 1.92. The lowest BCUT2D eigenvalue weighted by atomic mass is 10.1. The van der Waals surface area contributed by atoms with Crippen molar-refractivity contribution in [2.24, 2.45) is 12.8 Å². The average Bonchev–Trinajstić information content (AvgIpc) is 2.75. The molecule has 96 valence electrons. The van der Waals surface area contributed by atoms with Gasteiger partial charge in [-0.1, -0.05) is 0 Å². The van der Waals surface area contributed by atoms with E-state index in [2.05, 4.69) is 14.9 Å². The van der Waals surface area contributed by atoms with E-state index in [9.17, 15) is 0 Å². The van der Waals surface area contributed by atoms with E-state index < -0.39 is 0 Å². The Labute approximate surface area is 107 Å². The highest BCUT2D eigenvalue weighted by Crippen LogP contribution is 2.16. The molecule has 2 aromatic rings. The fraction of sp³-hybridized carbons (Fsp3) is 0.385. The Morgan fingerprint density at radius 1 is 1.39 bits per heavy atom. The van der Waals surface area contributed by atoms with Gasteiger partial charge in [0.05, 0.1) is 6.54 Å². The molecule has 18 heavy (non-hydrogen) atoms. The van der Waals surface area contributed by atoms with Gasteiger partial charge in [-0.05, 0) is 24.6 Å². The van der Waals surface area contributed by atoms with Gasteiger partial charge in [0, 0.05) is 38.7 Å². The zero-order valence-electron chi connectivity index (χ0n) is 11.0. The summed E-state index contributed by atoms with van der Waals surface area (Å²) in [5.41, 5.74) is 6.97. The van der Waals surface area contributed by atoms with Crippen LogP contribution < -0.4 is 10.6 Å². The van der Waals surface area contributed by atoms with E-state index in [1.807, 2.05) is 43.9 Å². The minimum Gasteiger partial charge on any atom is -0.352 e. The molecule has 1 atom stereocenters. The fourth-order valence-electron chi connectivity index (χ4n) is 1.77. The lowest BCUT2D eigenvalue weighted by Gasteiger charge is -2.19. The smallest absolute Gasteiger partial charge is 0.128 e. The molecule has 0 aliphatic rings. The molecule has 2 N–H and O–H groups in total. The van der Waals surface area contributed by atoms with Crippen LogP contribution in [0.5, 0.6) is 0 Å². The molecule has 0 saturated heterocycles. The Hall–Kier alpha value is -1.88. The zero-order valence-corrected chi connectivity index (χ0v) is 11.0. The number of imidazole rings is 1. The van der Waals surface area contributed by atoms with Crippen molar-refractivity contribution in [1.82, 2.24) is 14.5 Å². The highest BCUT2D eigenvalue weighted by molar-refractivity contribution is 5.41. The van der Waals surface area contributed by atoms with Gasteiger partial charge in [-0.25, -0.2) is 9.97 Å². The Morgan fingerprint density at radius 2 is 2.17 bits per heavy atom. The summed E-state index contributed by atoms with van der Waals surface area (Å²) < 4.78 is 2.01. The predicted molar refractivity (Wildman–Crippen MR) is 72.2 cm³/mol. The van der Waals surface area contributed by atoms with Crippen molar-refractivity contribution >= 4 is 5.82 Å². The molecule has 1 unspecified atom stereocenters. The molecular weight excluding hydrogens is 226 g/mol. The normalized spacial score (nSPS) is 12.4. The molecule has 2 heterocycles. The van der Waals surface area contributed by atoms with Crippen molar-refractivity contribution in [3.63, 3.8) is 0 Å². The second kappa shape index (κ2) is 5.18. The van der Waals surface area contributed by atoms with Crippen molar-refractivity contribution < 1.29 is 0 Å². The van der Waals surface area contributed by atoms with Crippen LogP contribution in [-0.4, -0.2) is 21.6 Å². The van der Waals surface area contributed by atoms with Crippen LogP contribution in [0.2, 0.25) is 0 Å². The molecule has 0 saturated carbocycles. The van der Waals surface area contributed by atoms with Gasteiger partial charge in [-0.3, -0.25) is 0 Å². The van der Waals surface area contributed by atoms with Gasteiger partial charge in [0.2, 0.25) is 0 Å². The number of aromatic nitrogens is 3. The van der Waals surface area contributed by atoms with E-state index in [0.29, 0.717) is 0 Å². The van der Waals surface area contributed by atoms with Crippen LogP contribution in [0.25, 0.3) is 0 Å². The highest BCUT2D eigenvalue weighted by Gasteiger charge is 2.08. The first kappa shape index (κ1) is 12.6. The molecular formula is C13H19N5. The van der Waals surface area contributed by atoms with Gasteiger partial charge < -0.3 is 15.2 Å². The van der Waals surface area contributed by atoms with Crippen molar-refractivity contribution in [3.8, 4) is 0 Å². The van der Waals surface area contributed by atoms with Crippen molar-refractivity contribution in [3.05, 3.63) is 42.1 Å². The van der Waals surface area contributed by atoms with Crippen molar-refractivity contribution in [1.29, 1.82) is 0 Å². The lowest BCUT2D eigenvalue weighted by molar-refractivity contribution is 0.752. The number of nitrogens with two attached hydrogens (primary N) is 1. The van der Waals surface area contributed by atoms with Crippen LogP contribution in [0, 0.1) is 0 Å². The molecule has 0 radical (unpaired) electrons. The molecule has 2 aromatic heterocycles. The number of aryl methyl sites for hydroxylation is 1. The van der Waals surface area contributed by atoms with E-state index in [1.165, 1.54) is 0 Å². The number of nitrogens with zero attached hydrogens (tertiary/aromatic N) is 4. The molecule has 0 amide bonds. The number of rotatable bonds is 4. The monoisotopic (exact) mass is 245 g/mol. The number of anilines is 1. The van der Waals surface area contributed by atoms with Crippen LogP contribution >= 0.6 is 0 Å². The third kappa shape index (κ3) is 2.68. The SMILES string of the molecule is CC(N)c1ccnc(N(C)Cc2nccn2C)c1. The van der Waals surface area contributed by atoms with Crippen LogP contribution in [0.1, 0.15) is 24.4 Å². The molecule has 0 aliphatic carbocycles. The zero-order chi connectivity index (χ0) is 13.1. The summed E-state index contributed by atoms with van der Waals surface area (Å²) in [5, 5.41) is 0. The quantitative estimate of drug-likeness (QED) is 0.886. The third-order valence-corrected chi connectivity index (χ3v) is 2.99. The van der Waals surface area contributed by atoms with Gasteiger partial charge in [-0.15, -0.1) is 0 Å². The average molecular weight is 245 g/mol. The maximum absolute atomic E-state index is 5.88. The first-order valence-electron chi connectivity index (χ1n) is 5.97. The molecule has 0 aliphatic heterocycles. The highest BCUT2D eigenvalue weighted by atomic mass is 15.2. The van der Waals surface area contributed by atoms with Crippen molar-refractivity contribution in [2.45, 2.75) is 19.5 Å². The Morgan fingerprint density at radius 3 is 2.78 bits per heavy atom. The van der Waals surface area contributed by atoms with E-state index in [-0.39, 0.29) is 6.04 Å². The van der Waals surface area contributed by atoms with Crippen LogP contribution in [0.4, 0.5) is 5.82 Å².